The fraction of sp³-hybridized carbons (Fsp3) is 0.333. The summed E-state index contributed by atoms with van der Waals surface area (Å²) in [6.45, 7) is 1.43. The van der Waals surface area contributed by atoms with Gasteiger partial charge < -0.3 is 15.0 Å². The van der Waals surface area contributed by atoms with E-state index in [9.17, 15) is 0 Å². The van der Waals surface area contributed by atoms with Crippen LogP contribution in [0.1, 0.15) is 0 Å². The van der Waals surface area contributed by atoms with Gasteiger partial charge in [0.1, 0.15) is 5.52 Å². The van der Waals surface area contributed by atoms with Crippen LogP contribution in [-0.4, -0.2) is 28.3 Å². The average molecular weight is 192 g/mol. The molecule has 0 aliphatic carbocycles. The maximum absolute atomic E-state index is 5.68. The first kappa shape index (κ1) is 8.96. The number of nitrogens with two attached hydrogens (primary N) is 1. The van der Waals surface area contributed by atoms with Gasteiger partial charge in [-0.15, -0.1) is 0 Å². The molecule has 0 fully saturated rings. The lowest BCUT2D eigenvalue weighted by Crippen LogP contribution is -2.02. The fourth-order valence-electron chi connectivity index (χ4n) is 1.38. The van der Waals surface area contributed by atoms with E-state index in [2.05, 4.69) is 9.97 Å². The Labute approximate surface area is 81.5 Å². The Morgan fingerprint density at radius 2 is 2.36 bits per heavy atom. The average Bonchev–Trinajstić information content (AvgIpc) is 2.60. The Bertz CT molecular complexity index is 437. The molecule has 2 aromatic heterocycles. The van der Waals surface area contributed by atoms with Crippen molar-refractivity contribution in [3.8, 4) is 0 Å². The first-order valence-corrected chi connectivity index (χ1v) is 4.37. The van der Waals surface area contributed by atoms with Crippen molar-refractivity contribution in [1.82, 2.24) is 14.5 Å². The Balaban J connectivity index is 2.42. The molecule has 14 heavy (non-hydrogen) atoms. The summed E-state index contributed by atoms with van der Waals surface area (Å²) < 4.78 is 7.00. The molecular weight excluding hydrogens is 180 g/mol. The maximum Gasteiger partial charge on any atom is 0.151 e. The number of nitrogen functional groups attached to an aromatic ring is 1. The van der Waals surface area contributed by atoms with Gasteiger partial charge in [0.25, 0.3) is 0 Å². The predicted molar refractivity (Wildman–Crippen MR) is 53.8 cm³/mol. The van der Waals surface area contributed by atoms with E-state index in [0.717, 1.165) is 17.6 Å². The van der Waals surface area contributed by atoms with Gasteiger partial charge >= 0.3 is 0 Å². The largest absolute Gasteiger partial charge is 0.383 e. The number of aromatic nitrogens is 3. The third-order valence-electron chi connectivity index (χ3n) is 2.10. The third-order valence-corrected chi connectivity index (χ3v) is 2.10. The minimum absolute atomic E-state index is 0.471. The van der Waals surface area contributed by atoms with Gasteiger partial charge in [0, 0.05) is 19.9 Å². The molecule has 0 saturated heterocycles. The van der Waals surface area contributed by atoms with Gasteiger partial charge in [-0.25, -0.2) is 9.97 Å². The Morgan fingerprint density at radius 1 is 1.50 bits per heavy atom. The molecule has 2 N–H and O–H groups in total. The molecule has 2 heterocycles. The van der Waals surface area contributed by atoms with Gasteiger partial charge in [-0.3, -0.25) is 0 Å². The number of fused-ring (bicyclic) bond motifs is 1. The standard InChI is InChI=1S/C9H12N4O/c1-14-5-4-13-6-12-8-7(13)2-3-11-9(8)10/h2-3,6H,4-5H2,1H3,(H2,10,11). The Hall–Kier alpha value is -1.62. The van der Waals surface area contributed by atoms with E-state index in [1.165, 1.54) is 0 Å². The summed E-state index contributed by atoms with van der Waals surface area (Å²) in [7, 11) is 1.68. The zero-order valence-electron chi connectivity index (χ0n) is 7.97. The monoisotopic (exact) mass is 192 g/mol. The van der Waals surface area contributed by atoms with Crippen molar-refractivity contribution in [3.05, 3.63) is 18.6 Å². The second-order valence-corrected chi connectivity index (χ2v) is 2.99. The van der Waals surface area contributed by atoms with Crippen LogP contribution in [0.25, 0.3) is 11.0 Å². The fourth-order valence-corrected chi connectivity index (χ4v) is 1.38. The summed E-state index contributed by atoms with van der Waals surface area (Å²) in [5.74, 6) is 0.471. The molecule has 0 saturated carbocycles. The minimum atomic E-state index is 0.471. The lowest BCUT2D eigenvalue weighted by molar-refractivity contribution is 0.188. The number of hydrogen-bond donors (Lipinski definition) is 1. The van der Waals surface area contributed by atoms with E-state index in [-0.39, 0.29) is 0 Å². The predicted octanol–water partition coefficient (Wildman–Crippen LogP) is 0.660. The number of methoxy groups -OCH3 is 1. The van der Waals surface area contributed by atoms with E-state index in [4.69, 9.17) is 10.5 Å². The topological polar surface area (TPSA) is 66.0 Å². The van der Waals surface area contributed by atoms with Crippen LogP contribution >= 0.6 is 0 Å². The van der Waals surface area contributed by atoms with Gasteiger partial charge in [-0.1, -0.05) is 0 Å². The molecule has 5 nitrogen and oxygen atoms in total. The number of imidazole rings is 1. The molecule has 0 radical (unpaired) electrons. The van der Waals surface area contributed by atoms with Crippen molar-refractivity contribution in [2.45, 2.75) is 6.54 Å². The number of rotatable bonds is 3. The highest BCUT2D eigenvalue weighted by molar-refractivity contribution is 5.84. The molecule has 0 atom stereocenters. The number of anilines is 1. The first-order valence-electron chi connectivity index (χ1n) is 4.37. The molecule has 2 aromatic rings. The second kappa shape index (κ2) is 3.63. The van der Waals surface area contributed by atoms with Crippen molar-refractivity contribution < 1.29 is 4.74 Å². The van der Waals surface area contributed by atoms with E-state index < -0.39 is 0 Å². The van der Waals surface area contributed by atoms with Crippen molar-refractivity contribution in [3.63, 3.8) is 0 Å². The van der Waals surface area contributed by atoms with Crippen LogP contribution in [0, 0.1) is 0 Å². The normalized spacial score (nSPS) is 10.9. The van der Waals surface area contributed by atoms with Crippen LogP contribution < -0.4 is 5.73 Å². The van der Waals surface area contributed by atoms with Crippen LogP contribution in [0.3, 0.4) is 0 Å². The lowest BCUT2D eigenvalue weighted by Gasteiger charge is -2.02. The highest BCUT2D eigenvalue weighted by atomic mass is 16.5. The van der Waals surface area contributed by atoms with Gasteiger partial charge in [0.2, 0.25) is 0 Å². The zero-order chi connectivity index (χ0) is 9.97. The number of hydrogen-bond acceptors (Lipinski definition) is 4. The Morgan fingerprint density at radius 3 is 3.14 bits per heavy atom. The lowest BCUT2D eigenvalue weighted by atomic mass is 10.4. The molecular formula is C9H12N4O. The molecule has 0 unspecified atom stereocenters. The van der Waals surface area contributed by atoms with Gasteiger partial charge in [0.05, 0.1) is 18.5 Å². The van der Waals surface area contributed by atoms with Crippen molar-refractivity contribution in [1.29, 1.82) is 0 Å². The molecule has 0 amide bonds. The highest BCUT2D eigenvalue weighted by Crippen LogP contribution is 2.16. The third kappa shape index (κ3) is 1.42. The molecule has 2 rings (SSSR count). The van der Waals surface area contributed by atoms with Crippen LogP contribution in [0.4, 0.5) is 5.82 Å². The SMILES string of the molecule is COCCn1cnc2c(N)nccc21. The van der Waals surface area contributed by atoms with Crippen LogP contribution in [0.2, 0.25) is 0 Å². The quantitative estimate of drug-likeness (QED) is 0.775. The molecule has 0 spiro atoms. The van der Waals surface area contributed by atoms with Gasteiger partial charge in [-0.2, -0.15) is 0 Å². The molecule has 0 aliphatic heterocycles. The van der Waals surface area contributed by atoms with Crippen LogP contribution in [-0.2, 0) is 11.3 Å². The van der Waals surface area contributed by atoms with Crippen molar-refractivity contribution in [2.24, 2.45) is 0 Å². The molecule has 0 bridgehead atoms. The van der Waals surface area contributed by atoms with E-state index in [0.29, 0.717) is 12.4 Å². The number of pyridine rings is 1. The first-order chi connectivity index (χ1) is 6.83. The van der Waals surface area contributed by atoms with Gasteiger partial charge in [-0.05, 0) is 6.07 Å². The molecule has 0 aromatic carbocycles. The molecule has 0 aliphatic rings. The van der Waals surface area contributed by atoms with Crippen molar-refractivity contribution >= 4 is 16.9 Å². The van der Waals surface area contributed by atoms with E-state index in [1.807, 2.05) is 10.6 Å². The maximum atomic E-state index is 5.68. The summed E-state index contributed by atoms with van der Waals surface area (Å²) in [6.07, 6.45) is 3.43. The zero-order valence-corrected chi connectivity index (χ0v) is 7.97. The van der Waals surface area contributed by atoms with E-state index >= 15 is 0 Å². The number of ether oxygens (including phenoxy) is 1. The second-order valence-electron chi connectivity index (χ2n) is 2.99. The molecule has 74 valence electrons. The minimum Gasteiger partial charge on any atom is -0.383 e. The van der Waals surface area contributed by atoms with Crippen LogP contribution in [0.15, 0.2) is 18.6 Å². The van der Waals surface area contributed by atoms with Crippen LogP contribution in [0.5, 0.6) is 0 Å². The smallest absolute Gasteiger partial charge is 0.151 e. The highest BCUT2D eigenvalue weighted by Gasteiger charge is 2.04. The summed E-state index contributed by atoms with van der Waals surface area (Å²) in [4.78, 5) is 8.16. The van der Waals surface area contributed by atoms with Gasteiger partial charge in [0.15, 0.2) is 5.82 Å². The summed E-state index contributed by atoms with van der Waals surface area (Å²) in [5, 5.41) is 0. The molecule has 5 heteroatoms. The van der Waals surface area contributed by atoms with Crippen molar-refractivity contribution in [2.75, 3.05) is 19.5 Å². The summed E-state index contributed by atoms with van der Waals surface area (Å²) in [6, 6.07) is 1.90. The van der Waals surface area contributed by atoms with E-state index in [1.54, 1.807) is 19.6 Å². The number of nitrogens with zero attached hydrogens (tertiary/aromatic N) is 3. The Kier molecular flexibility index (Phi) is 2.32. The summed E-state index contributed by atoms with van der Waals surface area (Å²) >= 11 is 0. The summed E-state index contributed by atoms with van der Waals surface area (Å²) in [5.41, 5.74) is 7.43.